The number of primary amides is 1. The number of nitrogens with zero attached hydrogens (tertiary/aromatic N) is 5. The molecule has 2 aromatic heterocycles. The Hall–Kier alpha value is -3.54. The second-order valence-corrected chi connectivity index (χ2v) is 5.06. The molecule has 0 saturated heterocycles. The van der Waals surface area contributed by atoms with Crippen molar-refractivity contribution in [2.45, 2.75) is 0 Å². The van der Waals surface area contributed by atoms with Gasteiger partial charge in [0.2, 0.25) is 0 Å². The van der Waals surface area contributed by atoms with Crippen LogP contribution in [-0.4, -0.2) is 64.5 Å². The van der Waals surface area contributed by atoms with E-state index in [2.05, 4.69) is 29.4 Å². The number of anilines is 2. The third-order valence-corrected chi connectivity index (χ3v) is 3.16. The van der Waals surface area contributed by atoms with Crippen LogP contribution in [0, 0.1) is 0 Å². The van der Waals surface area contributed by atoms with Crippen LogP contribution in [0.4, 0.5) is 16.4 Å². The van der Waals surface area contributed by atoms with Crippen molar-refractivity contribution < 1.29 is 23.9 Å². The minimum atomic E-state index is -0.767. The molecule has 0 atom stereocenters. The summed E-state index contributed by atoms with van der Waals surface area (Å²) in [6.07, 6.45) is 5.44. The molecule has 0 radical (unpaired) electrons. The predicted molar refractivity (Wildman–Crippen MR) is 98.8 cm³/mol. The van der Waals surface area contributed by atoms with Gasteiger partial charge in [0.1, 0.15) is 0 Å². The highest BCUT2D eigenvalue weighted by atomic mass is 35.5. The molecule has 2 heterocycles. The van der Waals surface area contributed by atoms with E-state index >= 15 is 0 Å². The van der Waals surface area contributed by atoms with Gasteiger partial charge in [0.25, 0.3) is 0 Å². The van der Waals surface area contributed by atoms with Gasteiger partial charge in [-0.1, -0.05) is 0 Å². The fraction of sp³-hybridized carbons (Fsp3) is 0.267. The monoisotopic (exact) mass is 411 g/mol. The number of ether oxygens (including phenoxy) is 2. The highest BCUT2D eigenvalue weighted by Crippen LogP contribution is 2.15. The van der Waals surface area contributed by atoms with E-state index in [0.717, 1.165) is 4.90 Å². The van der Waals surface area contributed by atoms with Gasteiger partial charge in [0.15, 0.2) is 23.0 Å². The average molecular weight is 412 g/mol. The summed E-state index contributed by atoms with van der Waals surface area (Å²) in [5, 5.41) is 0. The van der Waals surface area contributed by atoms with Crippen LogP contribution >= 0.6 is 11.6 Å². The first kappa shape index (κ1) is 22.5. The number of urea groups is 1. The van der Waals surface area contributed by atoms with Crippen molar-refractivity contribution in [3.63, 3.8) is 0 Å². The predicted octanol–water partition coefficient (Wildman–Crippen LogP) is 0.233. The average Bonchev–Trinajstić information content (AvgIpc) is 2.71. The highest BCUT2D eigenvalue weighted by molar-refractivity contribution is 6.18. The lowest BCUT2D eigenvalue weighted by Crippen LogP contribution is -2.39. The lowest BCUT2D eigenvalue weighted by Gasteiger charge is -2.19. The maximum atomic E-state index is 11.4. The van der Waals surface area contributed by atoms with E-state index in [-0.39, 0.29) is 35.4 Å². The lowest BCUT2D eigenvalue weighted by atomic mass is 10.3. The van der Waals surface area contributed by atoms with Crippen LogP contribution in [0.15, 0.2) is 24.8 Å². The summed E-state index contributed by atoms with van der Waals surface area (Å²) < 4.78 is 8.93. The third-order valence-electron chi connectivity index (χ3n) is 2.99. The zero-order valence-electron chi connectivity index (χ0n) is 15.0. The molecule has 4 N–H and O–H groups in total. The molecular weight excluding hydrogens is 394 g/mol. The fourth-order valence-electron chi connectivity index (χ4n) is 1.78. The van der Waals surface area contributed by atoms with E-state index in [4.69, 9.17) is 23.1 Å². The largest absolute Gasteiger partial charge is 0.464 e. The molecule has 0 aromatic carbocycles. The van der Waals surface area contributed by atoms with Crippen LogP contribution in [0.3, 0.4) is 0 Å². The second-order valence-electron chi connectivity index (χ2n) is 4.68. The number of nitrogen functional groups attached to an aromatic ring is 1. The summed E-state index contributed by atoms with van der Waals surface area (Å²) >= 11 is 5.54. The van der Waals surface area contributed by atoms with Crippen molar-refractivity contribution in [2.24, 2.45) is 5.73 Å². The van der Waals surface area contributed by atoms with Crippen LogP contribution in [0.1, 0.15) is 21.0 Å². The molecular formula is C15H18ClN7O5. The first-order valence-corrected chi connectivity index (χ1v) is 8.07. The molecule has 2 amide bonds. The number of amides is 2. The molecule has 0 unspecified atom stereocenters. The van der Waals surface area contributed by atoms with Crippen LogP contribution in [0.25, 0.3) is 0 Å². The number of halogens is 1. The summed E-state index contributed by atoms with van der Waals surface area (Å²) in [5.74, 6) is -1.00. The molecule has 0 aliphatic rings. The van der Waals surface area contributed by atoms with E-state index in [1.165, 1.54) is 39.0 Å². The Balaban J connectivity index is 0.000000307. The van der Waals surface area contributed by atoms with Crippen LogP contribution in [0.2, 0.25) is 0 Å². The molecule has 0 fully saturated rings. The van der Waals surface area contributed by atoms with Gasteiger partial charge in [-0.25, -0.2) is 34.3 Å². The zero-order valence-corrected chi connectivity index (χ0v) is 15.8. The van der Waals surface area contributed by atoms with E-state index in [1.54, 1.807) is 0 Å². The molecule has 2 rings (SSSR count). The number of rotatable bonds is 5. The van der Waals surface area contributed by atoms with Gasteiger partial charge in [0.05, 0.1) is 14.2 Å². The number of carbonyl (C=O) groups excluding carboxylic acids is 3. The van der Waals surface area contributed by atoms with Gasteiger partial charge < -0.3 is 20.9 Å². The van der Waals surface area contributed by atoms with Crippen molar-refractivity contribution >= 4 is 41.2 Å². The number of alkyl halides is 1. The summed E-state index contributed by atoms with van der Waals surface area (Å²) in [7, 11) is 2.47. The Morgan fingerprint density at radius 1 is 0.964 bits per heavy atom. The van der Waals surface area contributed by atoms with Crippen molar-refractivity contribution in [3.05, 3.63) is 36.2 Å². The third kappa shape index (κ3) is 6.02. The summed E-state index contributed by atoms with van der Waals surface area (Å²) in [6, 6.07) is -0.767. The van der Waals surface area contributed by atoms with Gasteiger partial charge in [0, 0.05) is 37.2 Å². The Labute approximate surface area is 164 Å². The van der Waals surface area contributed by atoms with Gasteiger partial charge in [-0.3, -0.25) is 4.90 Å². The van der Waals surface area contributed by atoms with Crippen molar-refractivity contribution in [1.82, 2.24) is 19.9 Å². The molecule has 2 aromatic rings. The standard InChI is InChI=1S/C9H11ClN4O3.C6H7N3O2/c1-17-8(15)6-7(13-4-3-12-6)14(5-2-10)9(11)16;1-11-6(10)4-5(7)9-3-2-8-4/h3-4H,2,5H2,1H3,(H2,11,16);2-3H,1H3,(H2,7,9). The van der Waals surface area contributed by atoms with E-state index < -0.39 is 18.0 Å². The first-order chi connectivity index (χ1) is 13.4. The van der Waals surface area contributed by atoms with Crippen LogP contribution in [0.5, 0.6) is 0 Å². The Bertz CT molecular complexity index is 836. The maximum absolute atomic E-state index is 11.4. The quantitative estimate of drug-likeness (QED) is 0.511. The van der Waals surface area contributed by atoms with Crippen molar-refractivity contribution in [2.75, 3.05) is 37.3 Å². The number of carbonyl (C=O) groups is 3. The molecule has 0 spiro atoms. The van der Waals surface area contributed by atoms with E-state index in [1.807, 2.05) is 0 Å². The number of hydrogen-bond donors (Lipinski definition) is 2. The number of hydrogen-bond acceptors (Lipinski definition) is 10. The van der Waals surface area contributed by atoms with Gasteiger partial charge >= 0.3 is 18.0 Å². The molecule has 28 heavy (non-hydrogen) atoms. The zero-order chi connectivity index (χ0) is 21.1. The summed E-state index contributed by atoms with van der Waals surface area (Å²) in [5.41, 5.74) is 10.5. The number of aromatic nitrogens is 4. The van der Waals surface area contributed by atoms with Crippen LogP contribution in [-0.2, 0) is 9.47 Å². The molecule has 0 saturated carbocycles. The van der Waals surface area contributed by atoms with E-state index in [0.29, 0.717) is 0 Å². The SMILES string of the molecule is COC(=O)c1nccnc1N.COC(=O)c1nccnc1N(CCCl)C(N)=O. The maximum Gasteiger partial charge on any atom is 0.360 e. The minimum Gasteiger partial charge on any atom is -0.464 e. The normalized spacial score (nSPS) is 9.54. The van der Waals surface area contributed by atoms with Gasteiger partial charge in [-0.2, -0.15) is 0 Å². The van der Waals surface area contributed by atoms with Crippen LogP contribution < -0.4 is 16.4 Å². The minimum absolute atomic E-state index is 0.0347. The van der Waals surface area contributed by atoms with Crippen molar-refractivity contribution in [3.8, 4) is 0 Å². The summed E-state index contributed by atoms with van der Waals surface area (Å²) in [4.78, 5) is 49.6. The molecule has 13 heteroatoms. The molecule has 0 bridgehead atoms. The smallest absolute Gasteiger partial charge is 0.360 e. The van der Waals surface area contributed by atoms with Crippen molar-refractivity contribution in [1.29, 1.82) is 0 Å². The molecule has 0 aliphatic carbocycles. The molecule has 0 aliphatic heterocycles. The molecule has 150 valence electrons. The number of nitrogens with two attached hydrogens (primary N) is 2. The van der Waals surface area contributed by atoms with Gasteiger partial charge in [-0.15, -0.1) is 11.6 Å². The van der Waals surface area contributed by atoms with E-state index in [9.17, 15) is 14.4 Å². The summed E-state index contributed by atoms with van der Waals surface area (Å²) in [6.45, 7) is 0.125. The van der Waals surface area contributed by atoms with Gasteiger partial charge in [-0.05, 0) is 0 Å². The lowest BCUT2D eigenvalue weighted by molar-refractivity contribution is 0.0586. The fourth-order valence-corrected chi connectivity index (χ4v) is 1.95. The molecule has 12 nitrogen and oxygen atoms in total. The number of esters is 2. The second kappa shape index (κ2) is 11.2. The highest BCUT2D eigenvalue weighted by Gasteiger charge is 2.22. The Morgan fingerprint density at radius 2 is 1.46 bits per heavy atom. The Kier molecular flexibility index (Phi) is 9.03. The topological polar surface area (TPSA) is 177 Å². The number of methoxy groups -OCH3 is 2. The first-order valence-electron chi connectivity index (χ1n) is 7.54. The Morgan fingerprint density at radius 3 is 1.96 bits per heavy atom.